The van der Waals surface area contributed by atoms with Gasteiger partial charge in [-0.15, -0.1) is 0 Å². The summed E-state index contributed by atoms with van der Waals surface area (Å²) in [5, 5.41) is 9.25. The molecular weight excluding hydrogens is 238 g/mol. The summed E-state index contributed by atoms with van der Waals surface area (Å²) in [6, 6.07) is 10.7. The van der Waals surface area contributed by atoms with Crippen LogP contribution >= 0.6 is 0 Å². The van der Waals surface area contributed by atoms with Crippen molar-refractivity contribution in [3.8, 4) is 17.3 Å². The van der Waals surface area contributed by atoms with Crippen molar-refractivity contribution in [3.63, 3.8) is 0 Å². The first-order valence-electron chi connectivity index (χ1n) is 6.41. The van der Waals surface area contributed by atoms with Crippen molar-refractivity contribution in [1.82, 2.24) is 9.97 Å². The maximum atomic E-state index is 9.25. The van der Waals surface area contributed by atoms with Crippen LogP contribution < -0.4 is 0 Å². The summed E-state index contributed by atoms with van der Waals surface area (Å²) in [7, 11) is 0. The number of aromatic amines is 1. The number of H-pyrrole nitrogens is 1. The first-order chi connectivity index (χ1) is 9.27. The molecule has 1 aliphatic rings. The first kappa shape index (κ1) is 11.9. The van der Waals surface area contributed by atoms with Gasteiger partial charge < -0.3 is 9.72 Å². The van der Waals surface area contributed by atoms with E-state index in [4.69, 9.17) is 4.74 Å². The molecule has 3 rings (SSSR count). The van der Waals surface area contributed by atoms with E-state index in [0.29, 0.717) is 19.0 Å². The molecule has 0 aliphatic carbocycles. The molecule has 19 heavy (non-hydrogen) atoms. The van der Waals surface area contributed by atoms with Crippen LogP contribution in [0, 0.1) is 11.3 Å². The maximum Gasteiger partial charge on any atom is 0.161 e. The van der Waals surface area contributed by atoms with E-state index < -0.39 is 5.41 Å². The van der Waals surface area contributed by atoms with Crippen molar-refractivity contribution >= 4 is 0 Å². The van der Waals surface area contributed by atoms with E-state index >= 15 is 0 Å². The quantitative estimate of drug-likeness (QED) is 0.913. The van der Waals surface area contributed by atoms with Crippen LogP contribution in [0.5, 0.6) is 0 Å². The zero-order chi connectivity index (χ0) is 13.3. The number of nitriles is 1. The number of aryl methyl sites for hydroxylation is 1. The van der Waals surface area contributed by atoms with Gasteiger partial charge in [-0.05, 0) is 17.5 Å². The van der Waals surface area contributed by atoms with Crippen LogP contribution in [-0.4, -0.2) is 23.2 Å². The molecule has 96 valence electrons. The van der Waals surface area contributed by atoms with Gasteiger partial charge in [0.2, 0.25) is 0 Å². The lowest BCUT2D eigenvalue weighted by molar-refractivity contribution is -0.0335. The molecule has 0 atom stereocenters. The Morgan fingerprint density at radius 3 is 2.63 bits per heavy atom. The highest BCUT2D eigenvalue weighted by Gasteiger charge is 2.43. The summed E-state index contributed by atoms with van der Waals surface area (Å²) in [5.41, 5.74) is 2.76. The second-order valence-electron chi connectivity index (χ2n) is 4.88. The van der Waals surface area contributed by atoms with E-state index in [1.54, 1.807) is 6.20 Å². The normalized spacial score (nSPS) is 16.6. The van der Waals surface area contributed by atoms with Crippen molar-refractivity contribution in [2.24, 2.45) is 0 Å². The van der Waals surface area contributed by atoms with E-state index in [-0.39, 0.29) is 0 Å². The van der Waals surface area contributed by atoms with Crippen LogP contribution in [0.4, 0.5) is 0 Å². The highest BCUT2D eigenvalue weighted by Crippen LogP contribution is 2.31. The smallest absolute Gasteiger partial charge is 0.161 e. The monoisotopic (exact) mass is 253 g/mol. The Morgan fingerprint density at radius 2 is 2.11 bits per heavy atom. The Bertz CT molecular complexity index is 618. The summed E-state index contributed by atoms with van der Waals surface area (Å²) in [6.07, 6.45) is 2.82. The number of nitrogens with one attached hydrogen (secondary N) is 1. The van der Waals surface area contributed by atoms with Crippen LogP contribution in [0.15, 0.2) is 30.5 Å². The van der Waals surface area contributed by atoms with E-state index in [1.807, 2.05) is 0 Å². The van der Waals surface area contributed by atoms with Gasteiger partial charge in [-0.25, -0.2) is 4.98 Å². The Kier molecular flexibility index (Phi) is 2.84. The number of hydrogen-bond donors (Lipinski definition) is 1. The molecule has 0 bridgehead atoms. The largest absolute Gasteiger partial charge is 0.377 e. The van der Waals surface area contributed by atoms with Gasteiger partial charge in [-0.3, -0.25) is 0 Å². The number of rotatable bonds is 3. The number of hydrogen-bond acceptors (Lipinski definition) is 3. The van der Waals surface area contributed by atoms with Crippen molar-refractivity contribution in [2.75, 3.05) is 13.2 Å². The van der Waals surface area contributed by atoms with Gasteiger partial charge in [0.25, 0.3) is 0 Å². The molecule has 0 spiro atoms. The van der Waals surface area contributed by atoms with Crippen LogP contribution in [0.2, 0.25) is 0 Å². The maximum absolute atomic E-state index is 9.25. The molecule has 1 saturated heterocycles. The minimum Gasteiger partial charge on any atom is -0.377 e. The van der Waals surface area contributed by atoms with E-state index in [2.05, 4.69) is 47.2 Å². The third-order valence-electron chi connectivity index (χ3n) is 3.61. The third kappa shape index (κ3) is 1.92. The SMILES string of the molecule is CCc1ccc(-c2cnc(C3(C#N)COC3)[nH]2)cc1. The molecule has 4 heteroatoms. The van der Waals surface area contributed by atoms with Gasteiger partial charge >= 0.3 is 0 Å². The first-order valence-corrected chi connectivity index (χ1v) is 6.41. The predicted molar refractivity (Wildman–Crippen MR) is 71.5 cm³/mol. The zero-order valence-corrected chi connectivity index (χ0v) is 10.8. The highest BCUT2D eigenvalue weighted by molar-refractivity contribution is 5.59. The lowest BCUT2D eigenvalue weighted by Crippen LogP contribution is -2.46. The van der Waals surface area contributed by atoms with Crippen LogP contribution in [-0.2, 0) is 16.6 Å². The van der Waals surface area contributed by atoms with Crippen LogP contribution in [0.25, 0.3) is 11.3 Å². The topological polar surface area (TPSA) is 61.7 Å². The molecule has 1 N–H and O–H groups in total. The number of ether oxygens (including phenoxy) is 1. The zero-order valence-electron chi connectivity index (χ0n) is 10.8. The van der Waals surface area contributed by atoms with E-state index in [9.17, 15) is 5.26 Å². The average molecular weight is 253 g/mol. The molecule has 1 aromatic carbocycles. The summed E-state index contributed by atoms with van der Waals surface area (Å²) >= 11 is 0. The van der Waals surface area contributed by atoms with Crippen LogP contribution in [0.3, 0.4) is 0 Å². The molecule has 1 aliphatic heterocycles. The average Bonchev–Trinajstić information content (AvgIpc) is 2.88. The number of aromatic nitrogens is 2. The Balaban J connectivity index is 1.90. The van der Waals surface area contributed by atoms with Gasteiger partial charge in [0.15, 0.2) is 5.41 Å². The number of nitrogens with zero attached hydrogens (tertiary/aromatic N) is 2. The fourth-order valence-electron chi connectivity index (χ4n) is 2.19. The second-order valence-corrected chi connectivity index (χ2v) is 4.88. The van der Waals surface area contributed by atoms with E-state index in [1.165, 1.54) is 5.56 Å². The molecule has 2 heterocycles. The van der Waals surface area contributed by atoms with Gasteiger partial charge in [0.05, 0.1) is 31.2 Å². The summed E-state index contributed by atoms with van der Waals surface area (Å²) < 4.78 is 5.15. The van der Waals surface area contributed by atoms with Crippen LogP contribution in [0.1, 0.15) is 18.3 Å². The third-order valence-corrected chi connectivity index (χ3v) is 3.61. The molecule has 0 saturated carbocycles. The Morgan fingerprint density at radius 1 is 1.37 bits per heavy atom. The lowest BCUT2D eigenvalue weighted by atomic mass is 9.87. The molecular formula is C15H15N3O. The molecule has 0 radical (unpaired) electrons. The van der Waals surface area contributed by atoms with Gasteiger partial charge in [-0.1, -0.05) is 31.2 Å². The fourth-order valence-corrected chi connectivity index (χ4v) is 2.19. The highest BCUT2D eigenvalue weighted by atomic mass is 16.5. The minimum absolute atomic E-state index is 0.422. The molecule has 2 aromatic rings. The van der Waals surface area contributed by atoms with Crippen molar-refractivity contribution in [2.45, 2.75) is 18.8 Å². The Labute approximate surface area is 112 Å². The van der Waals surface area contributed by atoms with Gasteiger partial charge in [0, 0.05) is 0 Å². The summed E-state index contributed by atoms with van der Waals surface area (Å²) in [6.45, 7) is 2.98. The summed E-state index contributed by atoms with van der Waals surface area (Å²) in [5.74, 6) is 0.704. The van der Waals surface area contributed by atoms with Crippen molar-refractivity contribution in [1.29, 1.82) is 5.26 Å². The molecule has 1 aromatic heterocycles. The minimum atomic E-state index is -0.582. The predicted octanol–water partition coefficient (Wildman–Crippen LogP) is 2.43. The molecule has 0 amide bonds. The Hall–Kier alpha value is -2.12. The molecule has 1 fully saturated rings. The number of benzene rings is 1. The van der Waals surface area contributed by atoms with Crippen molar-refractivity contribution < 1.29 is 4.74 Å². The molecule has 4 nitrogen and oxygen atoms in total. The summed E-state index contributed by atoms with van der Waals surface area (Å²) in [4.78, 5) is 7.59. The lowest BCUT2D eigenvalue weighted by Gasteiger charge is -2.32. The fraction of sp³-hybridized carbons (Fsp3) is 0.333. The van der Waals surface area contributed by atoms with E-state index in [0.717, 1.165) is 17.7 Å². The number of imidazole rings is 1. The van der Waals surface area contributed by atoms with Gasteiger partial charge in [0.1, 0.15) is 5.82 Å². The second kappa shape index (κ2) is 4.52. The van der Waals surface area contributed by atoms with Gasteiger partial charge in [-0.2, -0.15) is 5.26 Å². The standard InChI is InChI=1S/C15H15N3O/c1-2-11-3-5-12(6-4-11)13-7-17-14(18-13)15(8-16)9-19-10-15/h3-7H,2,9-10H2,1H3,(H,17,18). The van der Waals surface area contributed by atoms with Crippen molar-refractivity contribution in [3.05, 3.63) is 41.9 Å². The molecule has 0 unspecified atom stereocenters.